The molecule has 6 heterocycles. The molecule has 0 aliphatic carbocycles. The summed E-state index contributed by atoms with van der Waals surface area (Å²) in [6, 6.07) is 10.5. The van der Waals surface area contributed by atoms with E-state index in [2.05, 4.69) is 30.2 Å². The number of carbonyl (C=O) groups is 1. The molecule has 0 spiro atoms. The number of amides is 1. The van der Waals surface area contributed by atoms with Crippen LogP contribution < -0.4 is 10.9 Å². The Hall–Kier alpha value is -4.36. The summed E-state index contributed by atoms with van der Waals surface area (Å²) >= 11 is 6.23. The van der Waals surface area contributed by atoms with Gasteiger partial charge in [-0.2, -0.15) is 5.26 Å². The number of imidazole rings is 1. The van der Waals surface area contributed by atoms with Gasteiger partial charge in [0.25, 0.3) is 11.5 Å². The zero-order valence-corrected chi connectivity index (χ0v) is 32.8. The molecule has 57 heavy (non-hydrogen) atoms. The highest BCUT2D eigenvalue weighted by atomic mass is 32.5. The van der Waals surface area contributed by atoms with Gasteiger partial charge in [-0.15, -0.1) is 0 Å². The molecular weight excluding hydrogens is 811 g/mol. The molecule has 4 N–H and O–H groups in total. The molecule has 9 atom stereocenters. The Morgan fingerprint density at radius 1 is 1.19 bits per heavy atom. The maximum atomic E-state index is 15.3. The monoisotopic (exact) mass is 847 g/mol. The molecule has 302 valence electrons. The van der Waals surface area contributed by atoms with Crippen LogP contribution in [0.2, 0.25) is 0 Å². The van der Waals surface area contributed by atoms with E-state index in [9.17, 15) is 29.4 Å². The lowest BCUT2D eigenvalue weighted by atomic mass is 10.0. The largest absolute Gasteiger partial charge is 0.394 e. The van der Waals surface area contributed by atoms with Crippen LogP contribution in [0, 0.1) is 17.1 Å². The molecule has 24 heteroatoms. The first-order valence-electron chi connectivity index (χ1n) is 17.3. The lowest BCUT2D eigenvalue weighted by Crippen LogP contribution is -2.47. The summed E-state index contributed by atoms with van der Waals surface area (Å²) in [4.78, 5) is 54.9. The van der Waals surface area contributed by atoms with Crippen molar-refractivity contribution in [3.63, 3.8) is 0 Å². The number of hydrogen-bond acceptors (Lipinski definition) is 16. The quantitative estimate of drug-likeness (QED) is 0.0872. The van der Waals surface area contributed by atoms with Gasteiger partial charge in [-0.25, -0.2) is 24.3 Å². The molecule has 5 aromatic rings. The summed E-state index contributed by atoms with van der Waals surface area (Å²) in [6.07, 6.45) is -1.75. The molecule has 1 amide bonds. The van der Waals surface area contributed by atoms with E-state index in [1.165, 1.54) is 24.3 Å². The number of hydrogen-bond donors (Lipinski definition) is 4. The van der Waals surface area contributed by atoms with Gasteiger partial charge in [0.2, 0.25) is 6.49 Å². The Balaban J connectivity index is 1.21. The minimum Gasteiger partial charge on any atom is -0.394 e. The van der Waals surface area contributed by atoms with Crippen molar-refractivity contribution >= 4 is 60.5 Å². The van der Waals surface area contributed by atoms with E-state index in [0.29, 0.717) is 5.56 Å². The lowest BCUT2D eigenvalue weighted by Gasteiger charge is -2.43. The number of H-pyrrole nitrogens is 1. The standard InChI is InChI=1S/C33H36FN9O11P2S/c1-33(26(49-2)21(13-44)53-32(33)42-12-19(34)24-28(42)37-16-39-31(24)46)56(57,50-10-6-9-35)51-14-22-20(54-55(47)48)11-23(52-22)43-17-40-25-27(36-15-38-29(25)43)41-30(45)18-7-4-3-5-8-18/h3-5,7-8,12,15-17,20-23,26,32,44,55H,6,10-11,13-14H2,1-2H3,(H,47,48)(H,37,39,46)(H,36,38,41,45)/t20-,21?,22+,23+,26+,32+,33-,56?/m0/s1. The number of aliphatic hydroxyl groups excluding tert-OH is 1. The number of benzene rings is 1. The fourth-order valence-corrected chi connectivity index (χ4v) is 11.0. The van der Waals surface area contributed by atoms with Gasteiger partial charge in [0, 0.05) is 25.3 Å². The Morgan fingerprint density at radius 2 is 1.98 bits per heavy atom. The zero-order chi connectivity index (χ0) is 40.5. The van der Waals surface area contributed by atoms with Crippen LogP contribution in [0.1, 0.15) is 42.6 Å². The van der Waals surface area contributed by atoms with Gasteiger partial charge in [-0.3, -0.25) is 18.7 Å². The van der Waals surface area contributed by atoms with E-state index in [1.54, 1.807) is 41.8 Å². The van der Waals surface area contributed by atoms with Gasteiger partial charge in [0.1, 0.15) is 41.4 Å². The van der Waals surface area contributed by atoms with Gasteiger partial charge < -0.3 is 52.6 Å². The van der Waals surface area contributed by atoms with Crippen LogP contribution in [0.5, 0.6) is 0 Å². The number of halogens is 1. The third-order valence-corrected chi connectivity index (χ3v) is 14.8. The van der Waals surface area contributed by atoms with E-state index in [1.807, 2.05) is 6.07 Å². The van der Waals surface area contributed by atoms with Crippen LogP contribution in [-0.4, -0.2) is 106 Å². The number of nitrogens with zero attached hydrogens (tertiary/aromatic N) is 7. The van der Waals surface area contributed by atoms with E-state index >= 15 is 4.39 Å². The van der Waals surface area contributed by atoms with Crippen molar-refractivity contribution in [1.29, 1.82) is 5.26 Å². The summed E-state index contributed by atoms with van der Waals surface area (Å²) in [5, 5.41) is 20.6. The molecule has 1 aromatic carbocycles. The Bertz CT molecular complexity index is 2450. The number of ether oxygens (including phenoxy) is 3. The zero-order valence-electron chi connectivity index (χ0n) is 30.1. The van der Waals surface area contributed by atoms with Gasteiger partial charge >= 0.3 is 8.25 Å². The summed E-state index contributed by atoms with van der Waals surface area (Å²) < 4.78 is 66.9. The Labute approximate surface area is 328 Å². The molecule has 4 aromatic heterocycles. The van der Waals surface area contributed by atoms with Gasteiger partial charge in [-0.1, -0.05) is 18.2 Å². The molecule has 2 aliphatic heterocycles. The van der Waals surface area contributed by atoms with Crippen molar-refractivity contribution in [2.45, 2.75) is 61.8 Å². The smallest absolute Gasteiger partial charge is 0.316 e. The van der Waals surface area contributed by atoms with Crippen molar-refractivity contribution in [2.24, 2.45) is 0 Å². The highest BCUT2D eigenvalue weighted by Crippen LogP contribution is 2.69. The average Bonchev–Trinajstić information content (AvgIpc) is 3.97. The van der Waals surface area contributed by atoms with Crippen molar-refractivity contribution in [3.8, 4) is 6.07 Å². The molecule has 3 unspecified atom stereocenters. The lowest BCUT2D eigenvalue weighted by molar-refractivity contribution is -0.0516. The minimum absolute atomic E-state index is 0.00939. The summed E-state index contributed by atoms with van der Waals surface area (Å²) in [7, 11) is -2.17. The van der Waals surface area contributed by atoms with Crippen LogP contribution in [0.25, 0.3) is 22.2 Å². The third kappa shape index (κ3) is 7.57. The predicted molar refractivity (Wildman–Crippen MR) is 201 cm³/mol. The van der Waals surface area contributed by atoms with Crippen LogP contribution in [0.3, 0.4) is 0 Å². The highest BCUT2D eigenvalue weighted by Gasteiger charge is 2.64. The SMILES string of the molecule is CO[C@@H]1C(CO)O[C@@H](n2cc(F)c3c(=O)[nH]cnc32)[C@@]1(C)P(=S)(OCCC#N)OC[C@H]1O[C@@H](n2cnc3c(NC(=O)c4ccccc4)ncnc32)C[C@@H]1O[PH](=O)O. The maximum Gasteiger partial charge on any atom is 0.316 e. The Kier molecular flexibility index (Phi) is 12.1. The van der Waals surface area contributed by atoms with Gasteiger partial charge in [0.05, 0.1) is 51.1 Å². The molecule has 2 fully saturated rings. The molecule has 0 bridgehead atoms. The van der Waals surface area contributed by atoms with E-state index < -0.39 is 87.3 Å². The number of anilines is 1. The first-order valence-corrected chi connectivity index (χ1v) is 21.2. The van der Waals surface area contributed by atoms with Crippen LogP contribution in [0.4, 0.5) is 10.2 Å². The van der Waals surface area contributed by atoms with Crippen molar-refractivity contribution in [3.05, 3.63) is 77.2 Å². The Morgan fingerprint density at radius 3 is 2.70 bits per heavy atom. The third-order valence-electron chi connectivity index (χ3n) is 9.82. The molecule has 2 saturated heterocycles. The summed E-state index contributed by atoms with van der Waals surface area (Å²) in [5.41, 5.74) is 0.0780. The first kappa shape index (κ1) is 40.8. The van der Waals surface area contributed by atoms with Gasteiger partial charge in [0.15, 0.2) is 34.7 Å². The molecular formula is C33H36FN9O11P2S. The number of carbonyl (C=O) groups excluding carboxylic acids is 1. The van der Waals surface area contributed by atoms with Crippen LogP contribution >= 0.6 is 14.7 Å². The molecule has 0 saturated carbocycles. The molecule has 20 nitrogen and oxygen atoms in total. The molecule has 7 rings (SSSR count). The number of nitrogens with one attached hydrogen (secondary N) is 2. The highest BCUT2D eigenvalue weighted by molar-refractivity contribution is 8.10. The van der Waals surface area contributed by atoms with Crippen molar-refractivity contribution in [1.82, 2.24) is 34.1 Å². The van der Waals surface area contributed by atoms with Gasteiger partial charge in [-0.05, 0) is 30.9 Å². The van der Waals surface area contributed by atoms with Crippen molar-refractivity contribution in [2.75, 3.05) is 32.2 Å². The second-order valence-corrected chi connectivity index (χ2v) is 17.8. The number of fused-ring (bicyclic) bond motifs is 2. The number of aromatic nitrogens is 7. The predicted octanol–water partition coefficient (Wildman–Crippen LogP) is 2.93. The fraction of sp³-hybridized carbons (Fsp3) is 0.424. The van der Waals surface area contributed by atoms with E-state index in [0.717, 1.165) is 12.5 Å². The first-order chi connectivity index (χ1) is 27.4. The molecule has 2 aliphatic rings. The average molecular weight is 848 g/mol. The normalized spacial score (nSPS) is 26.4. The van der Waals surface area contributed by atoms with Crippen LogP contribution in [0.15, 0.2) is 60.3 Å². The number of nitriles is 1. The van der Waals surface area contributed by atoms with Crippen LogP contribution in [-0.2, 0) is 44.2 Å². The number of methoxy groups -OCH3 is 1. The van der Waals surface area contributed by atoms with E-state index in [-0.39, 0.29) is 47.5 Å². The second-order valence-electron chi connectivity index (χ2n) is 13.1. The second kappa shape index (κ2) is 16.9. The maximum absolute atomic E-state index is 15.3. The van der Waals surface area contributed by atoms with Crippen molar-refractivity contribution < 1.29 is 51.5 Å². The minimum atomic E-state index is -3.90. The molecule has 0 radical (unpaired) electrons. The number of rotatable bonds is 15. The summed E-state index contributed by atoms with van der Waals surface area (Å²) in [5.74, 6) is -1.18. The topological polar surface area (TPSA) is 260 Å². The van der Waals surface area contributed by atoms with E-state index in [4.69, 9.17) is 39.6 Å². The summed E-state index contributed by atoms with van der Waals surface area (Å²) in [6.45, 7) is -3.47. The number of aliphatic hydroxyl groups is 1. The number of aromatic amines is 1. The fourth-order valence-electron chi connectivity index (χ4n) is 7.18.